The van der Waals surface area contributed by atoms with Crippen molar-refractivity contribution >= 4 is 150 Å². The van der Waals surface area contributed by atoms with Gasteiger partial charge in [0.25, 0.3) is 0 Å². The van der Waals surface area contributed by atoms with Gasteiger partial charge in [0.1, 0.15) is 62.8 Å². The quantitative estimate of drug-likeness (QED) is 0.161. The summed E-state index contributed by atoms with van der Waals surface area (Å²) < 4.78 is 4.45. The summed E-state index contributed by atoms with van der Waals surface area (Å²) >= 11 is 0. The predicted octanol–water partition coefficient (Wildman–Crippen LogP) is 6.57. The first-order valence-corrected chi connectivity index (χ1v) is 23.0. The number of nitrogens with zero attached hydrogens (tertiary/aromatic N) is 2. The van der Waals surface area contributed by atoms with Crippen molar-refractivity contribution in [1.29, 1.82) is 0 Å². The van der Waals surface area contributed by atoms with Gasteiger partial charge in [0.2, 0.25) is 0 Å². The van der Waals surface area contributed by atoms with E-state index in [-0.39, 0.29) is 27.3 Å². The highest BCUT2D eigenvalue weighted by Crippen LogP contribution is 2.41. The number of hydrogen-bond acceptors (Lipinski definition) is 0. The van der Waals surface area contributed by atoms with Crippen LogP contribution in [0.3, 0.4) is 0 Å². The minimum atomic E-state index is 0.127. The molecule has 0 saturated carbocycles. The van der Waals surface area contributed by atoms with Crippen LogP contribution in [0.1, 0.15) is 0 Å². The minimum absolute atomic E-state index is 0.127. The van der Waals surface area contributed by atoms with Gasteiger partial charge >= 0.3 is 0 Å². The van der Waals surface area contributed by atoms with Gasteiger partial charge in [-0.15, -0.1) is 16.4 Å². The maximum absolute atomic E-state index is 7.62. The molecule has 0 unspecified atom stereocenters. The number of hydrogen-bond donors (Lipinski definition) is 0. The molecule has 10 heteroatoms. The lowest BCUT2D eigenvalue weighted by Crippen LogP contribution is -2.55. The summed E-state index contributed by atoms with van der Waals surface area (Å²) in [5.41, 5.74) is 16.4. The standard InChI is InChI=1S/C60H32B8N2/c61-52-48(38-27-29-46-43(32-38)40-22-10-11-24-44(40)70(46)45-28-26-37(34-16-6-2-7-17-34)31-42(45)35-18-8-3-9-19-35)53(62)59(68)60-51(52)49-41(50-54(63)56(65)58(67)57(66)55(50)64)23-13-25-47(49)69(60)39-21-12-20-36(30-39)33-14-4-1-5-15-33/h1-32H. The fourth-order valence-corrected chi connectivity index (χ4v) is 10.6. The third-order valence-corrected chi connectivity index (χ3v) is 13.9. The Hall–Kier alpha value is -7.68. The molecule has 12 aromatic rings. The number of aromatic nitrogens is 2. The minimum Gasteiger partial charge on any atom is -0.310 e. The summed E-state index contributed by atoms with van der Waals surface area (Å²) in [5.74, 6) is 0. The number of rotatable bonds is 7. The van der Waals surface area contributed by atoms with E-state index in [2.05, 4.69) is 143 Å². The Balaban J connectivity index is 1.14. The molecule has 0 aliphatic rings. The lowest BCUT2D eigenvalue weighted by Gasteiger charge is -2.22. The van der Waals surface area contributed by atoms with Gasteiger partial charge in [0.15, 0.2) is 0 Å². The molecule has 16 radical (unpaired) electrons. The molecule has 10 aromatic carbocycles. The molecule has 0 aliphatic carbocycles. The topological polar surface area (TPSA) is 9.86 Å². The lowest BCUT2D eigenvalue weighted by molar-refractivity contribution is 1.18. The van der Waals surface area contributed by atoms with Crippen LogP contribution in [0.15, 0.2) is 194 Å². The van der Waals surface area contributed by atoms with Crippen LogP contribution in [-0.2, 0) is 0 Å². The Morgan fingerprint density at radius 1 is 0.271 bits per heavy atom. The van der Waals surface area contributed by atoms with Crippen molar-refractivity contribution in [3.8, 4) is 67.0 Å². The first-order chi connectivity index (χ1) is 34.1. The lowest BCUT2D eigenvalue weighted by atomic mass is 9.59. The van der Waals surface area contributed by atoms with E-state index in [9.17, 15) is 0 Å². The van der Waals surface area contributed by atoms with Gasteiger partial charge in [0.05, 0.1) is 22.2 Å². The summed E-state index contributed by atoms with van der Waals surface area (Å²) in [7, 11) is 55.4. The summed E-state index contributed by atoms with van der Waals surface area (Å²) in [6, 6.07) is 67.0. The zero-order valence-electron chi connectivity index (χ0n) is 38.0. The van der Waals surface area contributed by atoms with Crippen LogP contribution < -0.4 is 43.7 Å². The zero-order valence-corrected chi connectivity index (χ0v) is 38.0. The SMILES string of the molecule is [B]c1c([B])c([B])c(-c2cccc3c2c2c([B])c(-c4ccc5c(c4)c4ccccc4n5-c4ccc(-c5ccccc5)cc4-c4ccccc4)c([B])c([B])c2n3-c2cccc(-c3ccccc3)c2)c([B])c1[B]. The van der Waals surface area contributed by atoms with E-state index in [1.54, 1.807) is 0 Å². The largest absolute Gasteiger partial charge is 0.310 e. The monoisotopic (exact) mass is 868 g/mol. The molecule has 0 saturated heterocycles. The van der Waals surface area contributed by atoms with Gasteiger partial charge in [-0.25, -0.2) is 0 Å². The molecule has 0 fully saturated rings. The van der Waals surface area contributed by atoms with Gasteiger partial charge in [-0.05, 0) is 98.6 Å². The van der Waals surface area contributed by atoms with E-state index in [0.717, 1.165) is 83.0 Å². The first kappa shape index (κ1) is 43.6. The fourth-order valence-electron chi connectivity index (χ4n) is 10.6. The third-order valence-electron chi connectivity index (χ3n) is 13.9. The van der Waals surface area contributed by atoms with Crippen LogP contribution in [0.25, 0.3) is 111 Å². The van der Waals surface area contributed by atoms with Crippen molar-refractivity contribution in [2.24, 2.45) is 0 Å². The van der Waals surface area contributed by atoms with E-state index < -0.39 is 0 Å². The van der Waals surface area contributed by atoms with Crippen LogP contribution >= 0.6 is 0 Å². The van der Waals surface area contributed by atoms with Gasteiger partial charge < -0.3 is 9.13 Å². The van der Waals surface area contributed by atoms with Gasteiger partial charge in [-0.2, -0.15) is 0 Å². The van der Waals surface area contributed by atoms with Crippen molar-refractivity contribution in [1.82, 2.24) is 9.13 Å². The third kappa shape index (κ3) is 6.75. The Morgan fingerprint density at radius 3 is 1.49 bits per heavy atom. The molecule has 0 atom stereocenters. The molecule has 0 spiro atoms. The molecule has 12 rings (SSSR count). The summed E-state index contributed by atoms with van der Waals surface area (Å²) in [6.07, 6.45) is 0. The average Bonchev–Trinajstić information content (AvgIpc) is 3.94. The van der Waals surface area contributed by atoms with Crippen molar-refractivity contribution in [3.63, 3.8) is 0 Å². The maximum Gasteiger partial charge on any atom is 0.115 e. The Morgan fingerprint density at radius 2 is 0.800 bits per heavy atom. The molecule has 0 N–H and O–H groups in total. The predicted molar refractivity (Wildman–Crippen MR) is 305 cm³/mol. The summed E-state index contributed by atoms with van der Waals surface area (Å²) in [6.45, 7) is 0. The molecule has 0 bridgehead atoms. The molecule has 2 heterocycles. The summed E-state index contributed by atoms with van der Waals surface area (Å²) in [4.78, 5) is 0. The van der Waals surface area contributed by atoms with E-state index in [4.69, 9.17) is 62.8 Å². The van der Waals surface area contributed by atoms with Crippen molar-refractivity contribution < 1.29 is 0 Å². The second kappa shape index (κ2) is 17.1. The van der Waals surface area contributed by atoms with Crippen LogP contribution in [0.2, 0.25) is 0 Å². The van der Waals surface area contributed by atoms with Crippen LogP contribution in [0, 0.1) is 0 Å². The average molecular weight is 867 g/mol. The Labute approximate surface area is 418 Å². The van der Waals surface area contributed by atoms with E-state index in [1.165, 1.54) is 0 Å². The van der Waals surface area contributed by atoms with Gasteiger partial charge in [-0.3, -0.25) is 0 Å². The molecular formula is C60H32B8N2. The van der Waals surface area contributed by atoms with Crippen LogP contribution in [0.4, 0.5) is 0 Å². The molecule has 2 aromatic heterocycles. The van der Waals surface area contributed by atoms with Gasteiger partial charge in [0, 0.05) is 38.3 Å². The molecule has 70 heavy (non-hydrogen) atoms. The fraction of sp³-hybridized carbons (Fsp3) is 0. The first-order valence-electron chi connectivity index (χ1n) is 23.0. The maximum atomic E-state index is 7.62. The highest BCUT2D eigenvalue weighted by Gasteiger charge is 2.26. The number of fused-ring (bicyclic) bond motifs is 6. The summed E-state index contributed by atoms with van der Waals surface area (Å²) in [5, 5.41) is 3.49. The molecule has 0 aliphatic heterocycles. The van der Waals surface area contributed by atoms with Crippen molar-refractivity contribution in [2.75, 3.05) is 0 Å². The van der Waals surface area contributed by atoms with E-state index in [1.807, 2.05) is 60.7 Å². The number of benzene rings is 10. The van der Waals surface area contributed by atoms with E-state index >= 15 is 0 Å². The Bertz CT molecular complexity index is 4060. The highest BCUT2D eigenvalue weighted by atomic mass is 15.0. The second-order valence-corrected chi connectivity index (χ2v) is 17.8. The normalized spacial score (nSPS) is 11.6. The molecule has 306 valence electrons. The van der Waals surface area contributed by atoms with Crippen LogP contribution in [-0.4, -0.2) is 71.9 Å². The van der Waals surface area contributed by atoms with Crippen molar-refractivity contribution in [3.05, 3.63) is 194 Å². The smallest absolute Gasteiger partial charge is 0.115 e. The molecule has 0 amide bonds. The van der Waals surface area contributed by atoms with Gasteiger partial charge in [-0.1, -0.05) is 173 Å². The van der Waals surface area contributed by atoms with E-state index in [0.29, 0.717) is 44.0 Å². The zero-order chi connectivity index (χ0) is 47.9. The Kier molecular flexibility index (Phi) is 10.6. The molecular weight excluding hydrogens is 835 g/mol. The second-order valence-electron chi connectivity index (χ2n) is 17.8. The number of para-hydroxylation sites is 1. The highest BCUT2D eigenvalue weighted by molar-refractivity contribution is 6.69. The van der Waals surface area contributed by atoms with Crippen LogP contribution in [0.5, 0.6) is 0 Å². The van der Waals surface area contributed by atoms with Crippen molar-refractivity contribution in [2.45, 2.75) is 0 Å². The molecule has 2 nitrogen and oxygen atoms in total.